The van der Waals surface area contributed by atoms with Crippen molar-refractivity contribution in [3.05, 3.63) is 28.2 Å². The van der Waals surface area contributed by atoms with Gasteiger partial charge in [-0.15, -0.1) is 0 Å². The van der Waals surface area contributed by atoms with Crippen molar-refractivity contribution in [2.75, 3.05) is 91.5 Å². The van der Waals surface area contributed by atoms with E-state index in [0.29, 0.717) is 68.4 Å². The fourth-order valence-electron chi connectivity index (χ4n) is 3.75. The third-order valence-corrected chi connectivity index (χ3v) is 6.89. The van der Waals surface area contributed by atoms with E-state index in [9.17, 15) is 14.4 Å². The van der Waals surface area contributed by atoms with Crippen molar-refractivity contribution in [2.24, 2.45) is 11.0 Å². The first-order valence-corrected chi connectivity index (χ1v) is 16.2. The Kier molecular flexibility index (Phi) is 21.4. The van der Waals surface area contributed by atoms with E-state index in [4.69, 9.17) is 42.1 Å². The summed E-state index contributed by atoms with van der Waals surface area (Å²) in [6, 6.07) is 5.38. The van der Waals surface area contributed by atoms with Crippen LogP contribution in [0.25, 0.3) is 0 Å². The lowest BCUT2D eigenvalue weighted by atomic mass is 10.1. The highest BCUT2D eigenvalue weighted by Crippen LogP contribution is 2.29. The van der Waals surface area contributed by atoms with Crippen molar-refractivity contribution in [3.8, 4) is 0 Å². The summed E-state index contributed by atoms with van der Waals surface area (Å²) in [5.41, 5.74) is 0.368. The van der Waals surface area contributed by atoms with Crippen molar-refractivity contribution in [3.63, 3.8) is 0 Å². The third kappa shape index (κ3) is 19.9. The van der Waals surface area contributed by atoms with Crippen LogP contribution in [0.3, 0.4) is 0 Å². The number of halogens is 2. The SMILES string of the molecule is CN(CCOCC=O)CCOCCOCCNC(=O)OC(C)(C)C.CNCCCC(=O)NC1=NN(c2ccc(Cl)c(Cl)c2)CC1C. The molecular weight excluding hydrogens is 639 g/mol. The number of rotatable bonds is 19. The number of hydrogen-bond donors (Lipinski definition) is 3. The number of amidine groups is 1. The highest BCUT2D eigenvalue weighted by Gasteiger charge is 2.25. The van der Waals surface area contributed by atoms with E-state index in [-0.39, 0.29) is 18.4 Å². The molecule has 0 radical (unpaired) electrons. The second-order valence-electron chi connectivity index (χ2n) is 11.5. The highest BCUT2D eigenvalue weighted by atomic mass is 35.5. The van der Waals surface area contributed by atoms with Gasteiger partial charge in [-0.1, -0.05) is 30.1 Å². The topological polar surface area (TPSA) is 143 Å². The van der Waals surface area contributed by atoms with Crippen molar-refractivity contribution in [2.45, 2.75) is 46.1 Å². The summed E-state index contributed by atoms with van der Waals surface area (Å²) in [4.78, 5) is 35.4. The van der Waals surface area contributed by atoms with Gasteiger partial charge in [0.25, 0.3) is 0 Å². The van der Waals surface area contributed by atoms with Crippen LogP contribution < -0.4 is 21.0 Å². The smallest absolute Gasteiger partial charge is 0.407 e. The molecule has 1 aromatic rings. The average Bonchev–Trinajstić information content (AvgIpc) is 3.35. The zero-order valence-electron chi connectivity index (χ0n) is 28.0. The van der Waals surface area contributed by atoms with Crippen molar-refractivity contribution >= 4 is 53.0 Å². The van der Waals surface area contributed by atoms with Gasteiger partial charge in [-0.05, 0) is 66.0 Å². The molecule has 2 rings (SSSR count). The van der Waals surface area contributed by atoms with Gasteiger partial charge in [-0.25, -0.2) is 4.79 Å². The maximum atomic E-state index is 11.9. The van der Waals surface area contributed by atoms with Crippen LogP contribution >= 0.6 is 23.2 Å². The van der Waals surface area contributed by atoms with Crippen molar-refractivity contribution < 1.29 is 33.3 Å². The monoisotopic (exact) mass is 690 g/mol. The van der Waals surface area contributed by atoms with Crippen LogP contribution in [-0.4, -0.2) is 121 Å². The van der Waals surface area contributed by atoms with E-state index in [1.165, 1.54) is 0 Å². The molecular formula is C31H52Cl2N6O7. The molecule has 0 saturated heterocycles. The summed E-state index contributed by atoms with van der Waals surface area (Å²) in [5, 5.41) is 15.8. The second kappa shape index (κ2) is 23.7. The number of ether oxygens (including phenoxy) is 4. The maximum absolute atomic E-state index is 11.9. The van der Waals surface area contributed by atoms with Crippen molar-refractivity contribution in [1.29, 1.82) is 0 Å². The van der Waals surface area contributed by atoms with Gasteiger partial charge < -0.3 is 44.6 Å². The lowest BCUT2D eigenvalue weighted by molar-refractivity contribution is -0.119. The van der Waals surface area contributed by atoms with E-state index in [2.05, 4.69) is 26.0 Å². The highest BCUT2D eigenvalue weighted by molar-refractivity contribution is 6.42. The summed E-state index contributed by atoms with van der Waals surface area (Å²) < 4.78 is 21.0. The van der Waals surface area contributed by atoms with Gasteiger partial charge in [0.05, 0.1) is 55.3 Å². The third-order valence-electron chi connectivity index (χ3n) is 6.15. The van der Waals surface area contributed by atoms with Crippen LogP contribution in [0.2, 0.25) is 10.0 Å². The van der Waals surface area contributed by atoms with E-state index in [0.717, 1.165) is 38.0 Å². The molecule has 1 atom stereocenters. The van der Waals surface area contributed by atoms with Gasteiger partial charge in [-0.2, -0.15) is 5.10 Å². The van der Waals surface area contributed by atoms with Crippen LogP contribution in [0.4, 0.5) is 10.5 Å². The molecule has 1 unspecified atom stereocenters. The lowest BCUT2D eigenvalue weighted by Crippen LogP contribution is -2.34. The first-order valence-electron chi connectivity index (χ1n) is 15.4. The predicted octanol–water partition coefficient (Wildman–Crippen LogP) is 3.57. The Balaban J connectivity index is 0.000000461. The molecule has 1 aliphatic heterocycles. The van der Waals surface area contributed by atoms with E-state index in [1.54, 1.807) is 12.1 Å². The Bertz CT molecular complexity index is 1070. The van der Waals surface area contributed by atoms with Gasteiger partial charge in [0, 0.05) is 32.0 Å². The number of carbonyl (C=O) groups excluding carboxylic acids is 3. The summed E-state index contributed by atoms with van der Waals surface area (Å²) >= 11 is 12.0. The molecule has 15 heteroatoms. The Morgan fingerprint density at radius 2 is 1.72 bits per heavy atom. The lowest BCUT2D eigenvalue weighted by Gasteiger charge is -2.19. The number of benzene rings is 1. The quantitative estimate of drug-likeness (QED) is 0.146. The summed E-state index contributed by atoms with van der Waals surface area (Å²) in [6.07, 6.45) is 1.59. The van der Waals surface area contributed by atoms with Crippen LogP contribution in [0.15, 0.2) is 23.3 Å². The van der Waals surface area contributed by atoms with Crippen LogP contribution in [0.1, 0.15) is 40.5 Å². The number of hydrazone groups is 1. The van der Waals surface area contributed by atoms with Gasteiger partial charge in [-0.3, -0.25) is 9.80 Å². The number of hydrogen-bond acceptors (Lipinski definition) is 11. The number of likely N-dealkylation sites (N-methyl/N-ethyl adjacent to an activating group) is 1. The van der Waals surface area contributed by atoms with Gasteiger partial charge in [0.15, 0.2) is 0 Å². The van der Waals surface area contributed by atoms with Gasteiger partial charge >= 0.3 is 6.09 Å². The Morgan fingerprint density at radius 1 is 1.04 bits per heavy atom. The standard InChI is InChI=1S/C16H32N2O6.C15H20Cl2N4O/c1-16(2,3)24-15(20)17-5-9-21-13-14-23-11-7-18(4)6-10-22-12-8-19;1-10-9-21(11-5-6-12(16)13(17)8-11)20-15(10)19-14(22)4-3-7-18-2/h8H,5-7,9-14H2,1-4H3,(H,17,20);5-6,8,10,18H,3-4,7,9H2,1-2H3,(H,19,20,22). The molecule has 0 bridgehead atoms. The zero-order valence-corrected chi connectivity index (χ0v) is 29.5. The molecule has 2 amide bonds. The van der Waals surface area contributed by atoms with Gasteiger partial charge in [0.2, 0.25) is 5.91 Å². The fraction of sp³-hybridized carbons (Fsp3) is 0.677. The van der Waals surface area contributed by atoms with E-state index in [1.807, 2.05) is 52.9 Å². The predicted molar refractivity (Wildman–Crippen MR) is 182 cm³/mol. The average molecular weight is 692 g/mol. The van der Waals surface area contributed by atoms with Gasteiger partial charge in [0.1, 0.15) is 24.3 Å². The minimum absolute atomic E-state index is 0.00293. The van der Waals surface area contributed by atoms with Crippen LogP contribution in [0.5, 0.6) is 0 Å². The Morgan fingerprint density at radius 3 is 2.35 bits per heavy atom. The first-order chi connectivity index (χ1) is 21.9. The number of amides is 2. The Labute approximate surface area is 283 Å². The number of aldehydes is 1. The first kappa shape index (κ1) is 41.5. The second-order valence-corrected chi connectivity index (χ2v) is 12.3. The molecule has 46 heavy (non-hydrogen) atoms. The normalized spacial score (nSPS) is 14.4. The Hall–Kier alpha value is -2.52. The minimum atomic E-state index is -0.494. The molecule has 0 fully saturated rings. The summed E-state index contributed by atoms with van der Waals surface area (Å²) in [7, 11) is 3.84. The number of carbonyl (C=O) groups is 3. The minimum Gasteiger partial charge on any atom is -0.444 e. The number of anilines is 1. The zero-order chi connectivity index (χ0) is 34.4. The number of nitrogens with zero attached hydrogens (tertiary/aromatic N) is 3. The van der Waals surface area contributed by atoms with E-state index >= 15 is 0 Å². The maximum Gasteiger partial charge on any atom is 0.407 e. The molecule has 1 aromatic carbocycles. The molecule has 3 N–H and O–H groups in total. The number of nitrogens with one attached hydrogen (secondary N) is 3. The van der Waals surface area contributed by atoms with E-state index < -0.39 is 11.7 Å². The van der Waals surface area contributed by atoms with Crippen LogP contribution in [-0.2, 0) is 28.5 Å². The molecule has 262 valence electrons. The molecule has 1 heterocycles. The summed E-state index contributed by atoms with van der Waals surface area (Å²) in [6.45, 7) is 13.6. The molecule has 0 spiro atoms. The van der Waals surface area contributed by atoms with Crippen molar-refractivity contribution in [1.82, 2.24) is 20.9 Å². The molecule has 1 aliphatic rings. The molecule has 13 nitrogen and oxygen atoms in total. The molecule has 0 aromatic heterocycles. The molecule has 0 aliphatic carbocycles. The largest absolute Gasteiger partial charge is 0.444 e. The molecule has 0 saturated carbocycles. The van der Waals surface area contributed by atoms with Crippen LogP contribution in [0, 0.1) is 5.92 Å². The fourth-order valence-corrected chi connectivity index (χ4v) is 4.04. The summed E-state index contributed by atoms with van der Waals surface area (Å²) in [5.74, 6) is 0.847. The number of alkyl carbamates (subject to hydrolysis) is 1.